The molecule has 2 atom stereocenters. The summed E-state index contributed by atoms with van der Waals surface area (Å²) < 4.78 is 15.8. The van der Waals surface area contributed by atoms with Crippen LogP contribution in [0.3, 0.4) is 0 Å². The summed E-state index contributed by atoms with van der Waals surface area (Å²) in [5.74, 6) is 2.05. The standard InChI is InChI=1S/C20H25N3O4/c1-25-15-6-4-5-14(10-15)16-11-17(23-22-16)20(24)21-12-13-7-8-18(26-2)19(9-13)27-3/h4-10,16-17,22-23H,11-12H2,1-3H3,(H,21,24). The first-order valence-electron chi connectivity index (χ1n) is 8.78. The van der Waals surface area contributed by atoms with Gasteiger partial charge < -0.3 is 19.5 Å². The van der Waals surface area contributed by atoms with E-state index in [1.807, 2.05) is 42.5 Å². The molecule has 0 aromatic heterocycles. The van der Waals surface area contributed by atoms with Crippen LogP contribution >= 0.6 is 0 Å². The molecule has 0 radical (unpaired) electrons. The quantitative estimate of drug-likeness (QED) is 0.690. The summed E-state index contributed by atoms with van der Waals surface area (Å²) >= 11 is 0. The van der Waals surface area contributed by atoms with E-state index in [2.05, 4.69) is 16.2 Å². The Morgan fingerprint density at radius 1 is 1.04 bits per heavy atom. The number of nitrogens with one attached hydrogen (secondary N) is 3. The number of methoxy groups -OCH3 is 3. The smallest absolute Gasteiger partial charge is 0.238 e. The third kappa shape index (κ3) is 4.50. The first-order chi connectivity index (χ1) is 13.1. The molecule has 1 aliphatic rings. The lowest BCUT2D eigenvalue weighted by Crippen LogP contribution is -2.42. The van der Waals surface area contributed by atoms with Crippen LogP contribution in [0, 0.1) is 0 Å². The minimum absolute atomic E-state index is 0.0527. The second kappa shape index (κ2) is 8.75. The van der Waals surface area contributed by atoms with Crippen LogP contribution in [0.15, 0.2) is 42.5 Å². The molecule has 1 heterocycles. The molecule has 0 aliphatic carbocycles. The summed E-state index contributed by atoms with van der Waals surface area (Å²) in [6, 6.07) is 13.2. The van der Waals surface area contributed by atoms with Gasteiger partial charge in [0, 0.05) is 12.6 Å². The highest BCUT2D eigenvalue weighted by Crippen LogP contribution is 2.28. The monoisotopic (exact) mass is 371 g/mol. The molecule has 1 saturated heterocycles. The molecule has 0 saturated carbocycles. The number of amides is 1. The predicted octanol–water partition coefficient (Wildman–Crippen LogP) is 1.94. The van der Waals surface area contributed by atoms with Crippen LogP contribution in [0.4, 0.5) is 0 Å². The van der Waals surface area contributed by atoms with Crippen molar-refractivity contribution in [1.29, 1.82) is 0 Å². The van der Waals surface area contributed by atoms with Gasteiger partial charge in [-0.15, -0.1) is 0 Å². The van der Waals surface area contributed by atoms with Crippen LogP contribution in [0.1, 0.15) is 23.6 Å². The lowest BCUT2D eigenvalue weighted by molar-refractivity contribution is -0.123. The molecule has 3 rings (SSSR count). The Labute approximate surface area is 159 Å². The van der Waals surface area contributed by atoms with Crippen molar-refractivity contribution >= 4 is 5.91 Å². The molecule has 1 amide bonds. The van der Waals surface area contributed by atoms with Gasteiger partial charge in [0.2, 0.25) is 5.91 Å². The van der Waals surface area contributed by atoms with Crippen molar-refractivity contribution < 1.29 is 19.0 Å². The zero-order valence-corrected chi connectivity index (χ0v) is 15.7. The van der Waals surface area contributed by atoms with E-state index in [-0.39, 0.29) is 18.0 Å². The molecule has 27 heavy (non-hydrogen) atoms. The zero-order chi connectivity index (χ0) is 19.2. The van der Waals surface area contributed by atoms with Crippen LogP contribution in [0.5, 0.6) is 17.2 Å². The Hall–Kier alpha value is -2.77. The van der Waals surface area contributed by atoms with Crippen LogP contribution in [-0.4, -0.2) is 33.3 Å². The number of hydrogen-bond donors (Lipinski definition) is 3. The van der Waals surface area contributed by atoms with Crippen molar-refractivity contribution in [2.75, 3.05) is 21.3 Å². The van der Waals surface area contributed by atoms with Crippen molar-refractivity contribution in [3.63, 3.8) is 0 Å². The van der Waals surface area contributed by atoms with Gasteiger partial charge in [-0.25, -0.2) is 10.9 Å². The minimum Gasteiger partial charge on any atom is -0.497 e. The molecule has 1 aliphatic heterocycles. The van der Waals surface area contributed by atoms with Crippen LogP contribution in [0.25, 0.3) is 0 Å². The lowest BCUT2D eigenvalue weighted by atomic mass is 10.0. The van der Waals surface area contributed by atoms with Gasteiger partial charge in [-0.3, -0.25) is 4.79 Å². The van der Waals surface area contributed by atoms with Gasteiger partial charge in [0.05, 0.1) is 21.3 Å². The summed E-state index contributed by atoms with van der Waals surface area (Å²) in [7, 11) is 4.83. The van der Waals surface area contributed by atoms with Gasteiger partial charge in [0.25, 0.3) is 0 Å². The summed E-state index contributed by atoms with van der Waals surface area (Å²) in [5.41, 5.74) is 8.28. The zero-order valence-electron chi connectivity index (χ0n) is 15.7. The summed E-state index contributed by atoms with van der Waals surface area (Å²) in [6.07, 6.45) is 0.658. The molecule has 7 heteroatoms. The number of carbonyl (C=O) groups is 1. The maximum Gasteiger partial charge on any atom is 0.238 e. The fraction of sp³-hybridized carbons (Fsp3) is 0.350. The van der Waals surface area contributed by atoms with Crippen LogP contribution < -0.4 is 30.4 Å². The summed E-state index contributed by atoms with van der Waals surface area (Å²) in [6.45, 7) is 0.418. The van der Waals surface area contributed by atoms with Crippen LogP contribution in [-0.2, 0) is 11.3 Å². The van der Waals surface area contributed by atoms with E-state index in [4.69, 9.17) is 14.2 Å². The average Bonchev–Trinajstić information content (AvgIpc) is 3.22. The highest BCUT2D eigenvalue weighted by Gasteiger charge is 2.30. The van der Waals surface area contributed by atoms with E-state index < -0.39 is 0 Å². The topological polar surface area (TPSA) is 80.9 Å². The summed E-state index contributed by atoms with van der Waals surface area (Å²) in [4.78, 5) is 12.5. The lowest BCUT2D eigenvalue weighted by Gasteiger charge is -2.13. The van der Waals surface area contributed by atoms with Crippen molar-refractivity contribution in [2.24, 2.45) is 0 Å². The normalized spacial score (nSPS) is 18.8. The molecule has 2 aromatic carbocycles. The summed E-state index contributed by atoms with van der Waals surface area (Å²) in [5, 5.41) is 2.96. The van der Waals surface area contributed by atoms with E-state index in [1.54, 1.807) is 21.3 Å². The number of hydrogen-bond acceptors (Lipinski definition) is 6. The Kier molecular flexibility index (Phi) is 6.16. The number of rotatable bonds is 7. The molecule has 144 valence electrons. The average molecular weight is 371 g/mol. The van der Waals surface area contributed by atoms with Crippen molar-refractivity contribution in [3.05, 3.63) is 53.6 Å². The molecule has 2 aromatic rings. The number of ether oxygens (including phenoxy) is 3. The van der Waals surface area contributed by atoms with Gasteiger partial charge in [-0.05, 0) is 41.8 Å². The molecule has 1 fully saturated rings. The number of hydrazine groups is 1. The maximum absolute atomic E-state index is 12.5. The Bertz CT molecular complexity index is 797. The molecule has 0 bridgehead atoms. The SMILES string of the molecule is COc1cccc(C2CC(C(=O)NCc3ccc(OC)c(OC)c3)NN2)c1. The fourth-order valence-corrected chi connectivity index (χ4v) is 3.11. The van der Waals surface area contributed by atoms with Gasteiger partial charge in [-0.1, -0.05) is 18.2 Å². The van der Waals surface area contributed by atoms with E-state index in [1.165, 1.54) is 0 Å². The van der Waals surface area contributed by atoms with E-state index in [0.717, 1.165) is 16.9 Å². The predicted molar refractivity (Wildman–Crippen MR) is 102 cm³/mol. The van der Waals surface area contributed by atoms with Gasteiger partial charge in [-0.2, -0.15) is 0 Å². The Morgan fingerprint density at radius 2 is 1.85 bits per heavy atom. The van der Waals surface area contributed by atoms with E-state index in [9.17, 15) is 4.79 Å². The van der Waals surface area contributed by atoms with E-state index in [0.29, 0.717) is 24.5 Å². The number of benzene rings is 2. The molecule has 3 N–H and O–H groups in total. The molecule has 2 unspecified atom stereocenters. The van der Waals surface area contributed by atoms with E-state index >= 15 is 0 Å². The van der Waals surface area contributed by atoms with Crippen molar-refractivity contribution in [2.45, 2.75) is 25.0 Å². The largest absolute Gasteiger partial charge is 0.497 e. The number of carbonyl (C=O) groups excluding carboxylic acids is 1. The molecule has 0 spiro atoms. The van der Waals surface area contributed by atoms with Crippen molar-refractivity contribution in [1.82, 2.24) is 16.2 Å². The molecule has 7 nitrogen and oxygen atoms in total. The molecular weight excluding hydrogens is 346 g/mol. The Morgan fingerprint density at radius 3 is 2.59 bits per heavy atom. The van der Waals surface area contributed by atoms with Gasteiger partial charge >= 0.3 is 0 Å². The van der Waals surface area contributed by atoms with Gasteiger partial charge in [0.1, 0.15) is 11.8 Å². The highest BCUT2D eigenvalue weighted by molar-refractivity contribution is 5.82. The minimum atomic E-state index is -0.304. The van der Waals surface area contributed by atoms with Gasteiger partial charge in [0.15, 0.2) is 11.5 Å². The first kappa shape index (κ1) is 19.0. The fourth-order valence-electron chi connectivity index (χ4n) is 3.11. The molecular formula is C20H25N3O4. The second-order valence-corrected chi connectivity index (χ2v) is 6.31. The van der Waals surface area contributed by atoms with Crippen molar-refractivity contribution in [3.8, 4) is 17.2 Å². The third-order valence-electron chi connectivity index (χ3n) is 4.63. The highest BCUT2D eigenvalue weighted by atomic mass is 16.5. The maximum atomic E-state index is 12.5. The third-order valence-corrected chi connectivity index (χ3v) is 4.63. The first-order valence-corrected chi connectivity index (χ1v) is 8.78. The Balaban J connectivity index is 1.56. The second-order valence-electron chi connectivity index (χ2n) is 6.31. The van der Waals surface area contributed by atoms with Crippen LogP contribution in [0.2, 0.25) is 0 Å².